The number of nitrogens with zero attached hydrogens (tertiary/aromatic N) is 3. The summed E-state index contributed by atoms with van der Waals surface area (Å²) >= 11 is 0. The first-order valence-corrected chi connectivity index (χ1v) is 15.0. The zero-order valence-electron chi connectivity index (χ0n) is 22.2. The Morgan fingerprint density at radius 1 is 1.10 bits per heavy atom. The Labute approximate surface area is 233 Å². The molecule has 0 saturated heterocycles. The number of hydrogen-bond donors (Lipinski definition) is 1. The molecule has 0 spiro atoms. The molecule has 0 bridgehead atoms. The smallest absolute Gasteiger partial charge is 0.241 e. The summed E-state index contributed by atoms with van der Waals surface area (Å²) in [6, 6.07) is 20.4. The molecule has 0 unspecified atom stereocenters. The summed E-state index contributed by atoms with van der Waals surface area (Å²) in [4.78, 5) is 20.2. The van der Waals surface area contributed by atoms with Gasteiger partial charge in [0, 0.05) is 37.1 Å². The Bertz CT molecular complexity index is 1640. The van der Waals surface area contributed by atoms with Crippen LogP contribution in [0.3, 0.4) is 0 Å². The lowest BCUT2D eigenvalue weighted by Gasteiger charge is -2.29. The van der Waals surface area contributed by atoms with E-state index >= 15 is 0 Å². The van der Waals surface area contributed by atoms with E-state index in [4.69, 9.17) is 0 Å². The Morgan fingerprint density at radius 2 is 1.88 bits per heavy atom. The van der Waals surface area contributed by atoms with Gasteiger partial charge >= 0.3 is 0 Å². The van der Waals surface area contributed by atoms with E-state index in [1.165, 1.54) is 17.7 Å². The van der Waals surface area contributed by atoms with Crippen LogP contribution in [0.4, 0.5) is 10.1 Å². The summed E-state index contributed by atoms with van der Waals surface area (Å²) in [5.74, 6) is 0.374. The largest absolute Gasteiger partial charge is 0.337 e. The molecular weight excluding hydrogens is 527 g/mol. The first-order chi connectivity index (χ1) is 19.3. The average Bonchev–Trinajstić information content (AvgIpc) is 3.66. The zero-order valence-corrected chi connectivity index (χ0v) is 23.0. The van der Waals surface area contributed by atoms with Gasteiger partial charge in [0.1, 0.15) is 11.6 Å². The third kappa shape index (κ3) is 5.31. The van der Waals surface area contributed by atoms with Gasteiger partial charge in [-0.2, -0.15) is 0 Å². The highest BCUT2D eigenvalue weighted by Crippen LogP contribution is 2.49. The molecule has 1 N–H and O–H groups in total. The van der Waals surface area contributed by atoms with Gasteiger partial charge in [-0.15, -0.1) is 0 Å². The number of amides is 1. The van der Waals surface area contributed by atoms with Gasteiger partial charge in [0.2, 0.25) is 15.9 Å². The maximum absolute atomic E-state index is 14.0. The summed E-state index contributed by atoms with van der Waals surface area (Å²) in [6.45, 7) is 0.311. The van der Waals surface area contributed by atoms with E-state index in [2.05, 4.69) is 21.8 Å². The maximum atomic E-state index is 14.0. The molecule has 7 nitrogen and oxygen atoms in total. The van der Waals surface area contributed by atoms with Crippen molar-refractivity contribution in [1.82, 2.24) is 14.3 Å². The number of rotatable bonds is 8. The molecular formula is C31H31FN4O3S. The Balaban J connectivity index is 1.31. The van der Waals surface area contributed by atoms with Crippen molar-refractivity contribution in [3.63, 3.8) is 0 Å². The zero-order chi connectivity index (χ0) is 27.9. The molecule has 0 aliphatic heterocycles. The predicted molar refractivity (Wildman–Crippen MR) is 151 cm³/mol. The normalized spacial score (nSPS) is 20.1. The second-order valence-electron chi connectivity index (χ2n) is 10.6. The lowest BCUT2D eigenvalue weighted by Crippen LogP contribution is -2.34. The van der Waals surface area contributed by atoms with Crippen LogP contribution in [0.25, 0.3) is 0 Å². The van der Waals surface area contributed by atoms with E-state index in [-0.39, 0.29) is 22.6 Å². The SMILES string of the molecule is Cn1ccnc1CN(C(=O)[C@@H]1C[C@@H]1c1ccccc1)c1ccc2c(c1)[C@H](NS(=O)(=O)c1ccc(F)cc1)CCC2. The maximum Gasteiger partial charge on any atom is 0.241 e. The number of sulfonamides is 1. The van der Waals surface area contributed by atoms with Crippen molar-refractivity contribution in [2.45, 2.75) is 49.1 Å². The lowest BCUT2D eigenvalue weighted by atomic mass is 9.87. The molecule has 6 rings (SSSR count). The number of anilines is 1. The van der Waals surface area contributed by atoms with Crippen molar-refractivity contribution in [3.05, 3.63) is 114 Å². The standard InChI is InChI=1S/C31H31FN4O3S/c1-35-17-16-33-30(35)20-36(31(37)28-19-26(28)21-6-3-2-4-7-21)24-13-10-22-8-5-9-29(27(22)18-24)34-40(38,39)25-14-11-23(32)12-15-25/h2-4,6-7,10-18,26,28-29,34H,5,8-9,19-20H2,1H3/t26-,28-,29-/m1/s1. The molecule has 1 aromatic heterocycles. The van der Waals surface area contributed by atoms with Gasteiger partial charge in [-0.05, 0) is 84.7 Å². The van der Waals surface area contributed by atoms with Crippen LogP contribution in [-0.2, 0) is 34.8 Å². The van der Waals surface area contributed by atoms with E-state index in [9.17, 15) is 17.6 Å². The van der Waals surface area contributed by atoms with Crippen LogP contribution in [-0.4, -0.2) is 23.9 Å². The molecule has 206 valence electrons. The van der Waals surface area contributed by atoms with Crippen molar-refractivity contribution in [1.29, 1.82) is 0 Å². The van der Waals surface area contributed by atoms with Gasteiger partial charge < -0.3 is 9.47 Å². The summed E-state index contributed by atoms with van der Waals surface area (Å²) in [7, 11) is -1.96. The lowest BCUT2D eigenvalue weighted by molar-refractivity contribution is -0.120. The van der Waals surface area contributed by atoms with E-state index < -0.39 is 21.9 Å². The van der Waals surface area contributed by atoms with Crippen molar-refractivity contribution in [2.24, 2.45) is 13.0 Å². The number of benzene rings is 3. The second kappa shape index (κ2) is 10.6. The second-order valence-corrected chi connectivity index (χ2v) is 12.4. The minimum atomic E-state index is -3.87. The molecule has 1 amide bonds. The van der Waals surface area contributed by atoms with Crippen LogP contribution in [0.15, 0.2) is 90.1 Å². The highest BCUT2D eigenvalue weighted by Gasteiger charge is 2.46. The molecule has 3 aromatic carbocycles. The Hall–Kier alpha value is -3.82. The van der Waals surface area contributed by atoms with Crippen molar-refractivity contribution in [2.75, 3.05) is 4.90 Å². The minimum absolute atomic E-state index is 0.0180. The molecule has 4 aromatic rings. The number of carbonyl (C=O) groups excluding carboxylic acids is 1. The predicted octanol–water partition coefficient (Wildman–Crippen LogP) is 5.25. The summed E-state index contributed by atoms with van der Waals surface area (Å²) in [5, 5.41) is 0. The third-order valence-corrected chi connectivity index (χ3v) is 9.49. The Morgan fingerprint density at radius 3 is 2.60 bits per heavy atom. The van der Waals surface area contributed by atoms with Gasteiger partial charge in [-0.25, -0.2) is 22.5 Å². The van der Waals surface area contributed by atoms with Crippen LogP contribution in [0.1, 0.15) is 53.7 Å². The van der Waals surface area contributed by atoms with Gasteiger partial charge in [0.25, 0.3) is 0 Å². The van der Waals surface area contributed by atoms with Crippen LogP contribution < -0.4 is 9.62 Å². The van der Waals surface area contributed by atoms with Crippen molar-refractivity contribution >= 4 is 21.6 Å². The minimum Gasteiger partial charge on any atom is -0.337 e. The number of aryl methyl sites for hydroxylation is 2. The summed E-state index contributed by atoms with van der Waals surface area (Å²) in [5.41, 5.74) is 3.80. The quantitative estimate of drug-likeness (QED) is 0.320. The molecule has 9 heteroatoms. The first kappa shape index (κ1) is 26.4. The van der Waals surface area contributed by atoms with Crippen molar-refractivity contribution < 1.29 is 17.6 Å². The molecule has 1 heterocycles. The number of fused-ring (bicyclic) bond motifs is 1. The molecule has 1 saturated carbocycles. The number of hydrogen-bond acceptors (Lipinski definition) is 4. The summed E-state index contributed by atoms with van der Waals surface area (Å²) < 4.78 is 44.5. The number of aromatic nitrogens is 2. The fraction of sp³-hybridized carbons (Fsp3) is 0.290. The first-order valence-electron chi connectivity index (χ1n) is 13.5. The highest BCUT2D eigenvalue weighted by atomic mass is 32.2. The van der Waals surface area contributed by atoms with Crippen LogP contribution in [0.5, 0.6) is 0 Å². The van der Waals surface area contributed by atoms with Gasteiger partial charge in [-0.1, -0.05) is 36.4 Å². The van der Waals surface area contributed by atoms with E-state index in [1.807, 2.05) is 54.2 Å². The molecule has 40 heavy (non-hydrogen) atoms. The fourth-order valence-electron chi connectivity index (χ4n) is 5.67. The number of imidazole rings is 1. The molecule has 0 radical (unpaired) electrons. The third-order valence-electron chi connectivity index (χ3n) is 8.00. The van der Waals surface area contributed by atoms with E-state index in [0.29, 0.717) is 13.0 Å². The molecule has 2 aliphatic carbocycles. The van der Waals surface area contributed by atoms with Crippen molar-refractivity contribution in [3.8, 4) is 0 Å². The number of nitrogens with one attached hydrogen (secondary N) is 1. The van der Waals surface area contributed by atoms with E-state index in [0.717, 1.165) is 54.0 Å². The molecule has 1 fully saturated rings. The monoisotopic (exact) mass is 558 g/mol. The number of halogens is 1. The van der Waals surface area contributed by atoms with Gasteiger partial charge in [0.15, 0.2) is 0 Å². The van der Waals surface area contributed by atoms with Crippen LogP contribution >= 0.6 is 0 Å². The molecule has 2 aliphatic rings. The summed E-state index contributed by atoms with van der Waals surface area (Å²) in [6.07, 6.45) is 6.66. The van der Waals surface area contributed by atoms with E-state index in [1.54, 1.807) is 11.1 Å². The fourth-order valence-corrected chi connectivity index (χ4v) is 6.92. The van der Waals surface area contributed by atoms with Gasteiger partial charge in [-0.3, -0.25) is 4.79 Å². The Kier molecular flexibility index (Phi) is 7.02. The highest BCUT2D eigenvalue weighted by molar-refractivity contribution is 7.89. The van der Waals surface area contributed by atoms with Crippen LogP contribution in [0, 0.1) is 11.7 Å². The van der Waals surface area contributed by atoms with Crippen LogP contribution in [0.2, 0.25) is 0 Å². The van der Waals surface area contributed by atoms with Gasteiger partial charge in [0.05, 0.1) is 11.4 Å². The topological polar surface area (TPSA) is 84.3 Å². The number of carbonyl (C=O) groups is 1. The average molecular weight is 559 g/mol. The molecule has 3 atom stereocenters.